The Labute approximate surface area is 104 Å². The summed E-state index contributed by atoms with van der Waals surface area (Å²) < 4.78 is 5.28. The van der Waals surface area contributed by atoms with Crippen LogP contribution in [0.3, 0.4) is 0 Å². The molecule has 6 heteroatoms. The summed E-state index contributed by atoms with van der Waals surface area (Å²) >= 11 is 1.49. The van der Waals surface area contributed by atoms with Crippen LogP contribution in [0.15, 0.2) is 27.8 Å². The second-order valence-corrected chi connectivity index (χ2v) is 4.35. The zero-order valence-electron chi connectivity index (χ0n) is 9.80. The summed E-state index contributed by atoms with van der Waals surface area (Å²) in [5.41, 5.74) is 0.990. The highest BCUT2D eigenvalue weighted by Crippen LogP contribution is 2.20. The Morgan fingerprint density at radius 3 is 2.94 bits per heavy atom. The highest BCUT2D eigenvalue weighted by molar-refractivity contribution is 7.98. The van der Waals surface area contributed by atoms with E-state index in [1.54, 1.807) is 6.92 Å². The minimum Gasteiger partial charge on any atom is -0.416 e. The van der Waals surface area contributed by atoms with Crippen molar-refractivity contribution in [1.29, 1.82) is 0 Å². The van der Waals surface area contributed by atoms with Crippen LogP contribution in [0, 0.1) is 6.92 Å². The number of aryl methyl sites for hydroxylation is 1. The number of nitrogens with one attached hydrogen (secondary N) is 1. The summed E-state index contributed by atoms with van der Waals surface area (Å²) in [5, 5.41) is 11.5. The number of aromatic nitrogens is 3. The molecule has 0 aliphatic rings. The second kappa shape index (κ2) is 5.67. The number of rotatable bonds is 5. The fourth-order valence-electron chi connectivity index (χ4n) is 1.31. The fourth-order valence-corrected chi connectivity index (χ4v) is 2.02. The van der Waals surface area contributed by atoms with E-state index in [4.69, 9.17) is 4.42 Å². The number of hydrogen-bond acceptors (Lipinski definition) is 6. The maximum absolute atomic E-state index is 5.28. The SMILES string of the molecule is CCNc1cccc(CSc2nnc(C)o2)n1. The van der Waals surface area contributed by atoms with E-state index in [2.05, 4.69) is 20.5 Å². The zero-order valence-corrected chi connectivity index (χ0v) is 10.6. The van der Waals surface area contributed by atoms with Gasteiger partial charge < -0.3 is 9.73 Å². The van der Waals surface area contributed by atoms with Crippen LogP contribution in [0.25, 0.3) is 0 Å². The number of pyridine rings is 1. The normalized spacial score (nSPS) is 10.5. The second-order valence-electron chi connectivity index (χ2n) is 3.42. The molecule has 0 saturated heterocycles. The lowest BCUT2D eigenvalue weighted by atomic mass is 10.4. The van der Waals surface area contributed by atoms with Gasteiger partial charge in [0.25, 0.3) is 5.22 Å². The first kappa shape index (κ1) is 11.9. The maximum atomic E-state index is 5.28. The first-order chi connectivity index (χ1) is 8.28. The minimum atomic E-state index is 0.582. The van der Waals surface area contributed by atoms with Crippen molar-refractivity contribution in [3.8, 4) is 0 Å². The van der Waals surface area contributed by atoms with Crippen molar-refractivity contribution in [2.75, 3.05) is 11.9 Å². The Morgan fingerprint density at radius 2 is 2.24 bits per heavy atom. The summed E-state index contributed by atoms with van der Waals surface area (Å²) in [5.74, 6) is 2.20. The van der Waals surface area contributed by atoms with Crippen molar-refractivity contribution in [3.63, 3.8) is 0 Å². The molecule has 90 valence electrons. The molecule has 0 atom stereocenters. The summed E-state index contributed by atoms with van der Waals surface area (Å²) in [6.45, 7) is 4.69. The largest absolute Gasteiger partial charge is 0.416 e. The van der Waals surface area contributed by atoms with Crippen LogP contribution >= 0.6 is 11.8 Å². The van der Waals surface area contributed by atoms with E-state index in [9.17, 15) is 0 Å². The third-order valence-corrected chi connectivity index (χ3v) is 2.87. The van der Waals surface area contributed by atoms with E-state index in [0.29, 0.717) is 11.1 Å². The highest BCUT2D eigenvalue weighted by Gasteiger charge is 2.04. The van der Waals surface area contributed by atoms with E-state index in [0.717, 1.165) is 23.8 Å². The van der Waals surface area contributed by atoms with Crippen molar-refractivity contribution < 1.29 is 4.42 Å². The van der Waals surface area contributed by atoms with E-state index >= 15 is 0 Å². The van der Waals surface area contributed by atoms with Crippen LogP contribution in [0.4, 0.5) is 5.82 Å². The van der Waals surface area contributed by atoms with Crippen molar-refractivity contribution in [1.82, 2.24) is 15.2 Å². The third kappa shape index (κ3) is 3.45. The lowest BCUT2D eigenvalue weighted by molar-refractivity contribution is 0.429. The summed E-state index contributed by atoms with van der Waals surface area (Å²) in [6, 6.07) is 5.92. The number of hydrogen-bond donors (Lipinski definition) is 1. The topological polar surface area (TPSA) is 63.8 Å². The van der Waals surface area contributed by atoms with Gasteiger partial charge in [-0.05, 0) is 19.1 Å². The van der Waals surface area contributed by atoms with Gasteiger partial charge in [-0.25, -0.2) is 4.98 Å². The Hall–Kier alpha value is -1.56. The van der Waals surface area contributed by atoms with Gasteiger partial charge in [0.15, 0.2) is 0 Å². The Kier molecular flexibility index (Phi) is 3.98. The van der Waals surface area contributed by atoms with Crippen LogP contribution in [0.5, 0.6) is 0 Å². The van der Waals surface area contributed by atoms with Gasteiger partial charge in [0.2, 0.25) is 5.89 Å². The average Bonchev–Trinajstić information content (AvgIpc) is 2.74. The van der Waals surface area contributed by atoms with Gasteiger partial charge in [-0.2, -0.15) is 0 Å². The van der Waals surface area contributed by atoms with Gasteiger partial charge in [0.05, 0.1) is 5.69 Å². The first-order valence-electron chi connectivity index (χ1n) is 5.40. The average molecular weight is 250 g/mol. The van der Waals surface area contributed by atoms with Gasteiger partial charge in [-0.15, -0.1) is 10.2 Å². The summed E-state index contributed by atoms with van der Waals surface area (Å²) in [7, 11) is 0. The molecule has 0 aliphatic carbocycles. The molecule has 2 aromatic heterocycles. The molecule has 0 amide bonds. The van der Waals surface area contributed by atoms with Gasteiger partial charge >= 0.3 is 0 Å². The molecule has 1 N–H and O–H groups in total. The predicted octanol–water partition coefficient (Wildman–Crippen LogP) is 2.50. The molecule has 0 fully saturated rings. The molecule has 17 heavy (non-hydrogen) atoms. The monoisotopic (exact) mass is 250 g/mol. The van der Waals surface area contributed by atoms with E-state index in [-0.39, 0.29) is 0 Å². The van der Waals surface area contributed by atoms with Gasteiger partial charge in [-0.3, -0.25) is 0 Å². The molecular weight excluding hydrogens is 236 g/mol. The van der Waals surface area contributed by atoms with E-state index in [1.807, 2.05) is 25.1 Å². The van der Waals surface area contributed by atoms with Crippen LogP contribution < -0.4 is 5.32 Å². The molecule has 0 spiro atoms. The Morgan fingerprint density at radius 1 is 1.35 bits per heavy atom. The van der Waals surface area contributed by atoms with Gasteiger partial charge in [0.1, 0.15) is 5.82 Å². The van der Waals surface area contributed by atoms with Crippen molar-refractivity contribution >= 4 is 17.6 Å². The highest BCUT2D eigenvalue weighted by atomic mass is 32.2. The fraction of sp³-hybridized carbons (Fsp3) is 0.364. The zero-order chi connectivity index (χ0) is 12.1. The molecule has 5 nitrogen and oxygen atoms in total. The number of anilines is 1. The molecule has 0 aromatic carbocycles. The van der Waals surface area contributed by atoms with Crippen molar-refractivity contribution in [3.05, 3.63) is 29.8 Å². The molecule has 0 saturated carbocycles. The molecule has 0 unspecified atom stereocenters. The third-order valence-electron chi connectivity index (χ3n) is 2.02. The van der Waals surface area contributed by atoms with Crippen molar-refractivity contribution in [2.45, 2.75) is 24.8 Å². The predicted molar refractivity (Wildman–Crippen MR) is 67.0 cm³/mol. The molecule has 2 aromatic rings. The molecule has 2 heterocycles. The molecular formula is C11H14N4OS. The van der Waals surface area contributed by atoms with E-state index < -0.39 is 0 Å². The quantitative estimate of drug-likeness (QED) is 0.822. The number of thioether (sulfide) groups is 1. The first-order valence-corrected chi connectivity index (χ1v) is 6.39. The van der Waals surface area contributed by atoms with Gasteiger partial charge in [-0.1, -0.05) is 17.8 Å². The number of nitrogens with zero attached hydrogens (tertiary/aromatic N) is 3. The molecule has 0 bridgehead atoms. The summed E-state index contributed by atoms with van der Waals surface area (Å²) in [4.78, 5) is 4.46. The van der Waals surface area contributed by atoms with Crippen LogP contribution in [-0.2, 0) is 5.75 Å². The standard InChI is InChI=1S/C11H14N4OS/c1-3-12-10-6-4-5-9(13-10)7-17-11-15-14-8(2)16-11/h4-6H,3,7H2,1-2H3,(H,12,13). The van der Waals surface area contributed by atoms with E-state index in [1.165, 1.54) is 11.8 Å². The van der Waals surface area contributed by atoms with Crippen molar-refractivity contribution in [2.24, 2.45) is 0 Å². The Balaban J connectivity index is 1.96. The minimum absolute atomic E-state index is 0.582. The lowest BCUT2D eigenvalue weighted by Crippen LogP contribution is -2.00. The van der Waals surface area contributed by atoms with Gasteiger partial charge in [0, 0.05) is 19.2 Å². The van der Waals surface area contributed by atoms with Crippen LogP contribution in [-0.4, -0.2) is 21.7 Å². The molecule has 2 rings (SSSR count). The summed E-state index contributed by atoms with van der Waals surface area (Å²) in [6.07, 6.45) is 0. The molecule has 0 radical (unpaired) electrons. The Bertz CT molecular complexity index is 486. The maximum Gasteiger partial charge on any atom is 0.276 e. The van der Waals surface area contributed by atoms with Crippen LogP contribution in [0.1, 0.15) is 18.5 Å². The smallest absolute Gasteiger partial charge is 0.276 e. The van der Waals surface area contributed by atoms with Crippen LogP contribution in [0.2, 0.25) is 0 Å². The lowest BCUT2D eigenvalue weighted by Gasteiger charge is -2.03. The molecule has 0 aliphatic heterocycles.